The molecule has 4 heterocycles. The van der Waals surface area contributed by atoms with Crippen molar-refractivity contribution in [1.82, 2.24) is 19.9 Å². The number of nitrogens with one attached hydrogen (secondary N) is 1. The van der Waals surface area contributed by atoms with E-state index in [1.165, 1.54) is 0 Å². The number of aromatic nitrogens is 4. The smallest absolute Gasteiger partial charge is 0.164 e. The second kappa shape index (κ2) is 5.76. The van der Waals surface area contributed by atoms with Gasteiger partial charge in [-0.05, 0) is 26.0 Å². The summed E-state index contributed by atoms with van der Waals surface area (Å²) >= 11 is 0. The molecule has 0 aliphatic carbocycles. The Morgan fingerprint density at radius 3 is 3.04 bits per heavy atom. The molecule has 4 rings (SSSR count). The fourth-order valence-electron chi connectivity index (χ4n) is 3.14. The zero-order valence-electron chi connectivity index (χ0n) is 13.8. The Labute approximate surface area is 139 Å². The quantitative estimate of drug-likeness (QED) is 0.750. The van der Waals surface area contributed by atoms with Gasteiger partial charge in [-0.25, -0.2) is 15.0 Å². The van der Waals surface area contributed by atoms with E-state index in [2.05, 4.69) is 32.8 Å². The van der Waals surface area contributed by atoms with Crippen LogP contribution in [-0.2, 0) is 4.74 Å². The summed E-state index contributed by atoms with van der Waals surface area (Å²) in [6.07, 6.45) is 1.76. The highest BCUT2D eigenvalue weighted by Gasteiger charge is 2.22. The zero-order chi connectivity index (χ0) is 16.7. The van der Waals surface area contributed by atoms with Crippen LogP contribution in [0.25, 0.3) is 22.4 Å². The number of fused-ring (bicyclic) bond motifs is 1. The third-order valence-electron chi connectivity index (χ3n) is 4.30. The highest BCUT2D eigenvalue weighted by molar-refractivity contribution is 5.91. The number of hydrogen-bond acceptors (Lipinski definition) is 6. The Bertz CT molecular complexity index is 890. The lowest BCUT2D eigenvalue weighted by molar-refractivity contribution is 0.0985. The molecule has 24 heavy (non-hydrogen) atoms. The van der Waals surface area contributed by atoms with Crippen LogP contribution in [0, 0.1) is 6.92 Å². The van der Waals surface area contributed by atoms with Crippen molar-refractivity contribution in [2.24, 2.45) is 0 Å². The van der Waals surface area contributed by atoms with E-state index >= 15 is 0 Å². The summed E-state index contributed by atoms with van der Waals surface area (Å²) in [4.78, 5) is 19.0. The molecule has 7 heteroatoms. The van der Waals surface area contributed by atoms with Gasteiger partial charge < -0.3 is 20.4 Å². The maximum atomic E-state index is 6.07. The van der Waals surface area contributed by atoms with Gasteiger partial charge in [0.15, 0.2) is 5.82 Å². The topological polar surface area (TPSA) is 92.9 Å². The van der Waals surface area contributed by atoms with Crippen molar-refractivity contribution in [3.05, 3.63) is 30.1 Å². The van der Waals surface area contributed by atoms with Crippen molar-refractivity contribution in [3.8, 4) is 11.4 Å². The lowest BCUT2D eigenvalue weighted by Crippen LogP contribution is -2.44. The van der Waals surface area contributed by atoms with Gasteiger partial charge in [0.2, 0.25) is 0 Å². The molecule has 0 spiro atoms. The van der Waals surface area contributed by atoms with E-state index in [1.54, 1.807) is 6.20 Å². The van der Waals surface area contributed by atoms with Gasteiger partial charge in [-0.2, -0.15) is 0 Å². The molecule has 0 aromatic carbocycles. The number of nitrogens with zero attached hydrogens (tertiary/aromatic N) is 4. The molecule has 3 aromatic heterocycles. The summed E-state index contributed by atoms with van der Waals surface area (Å²) in [5.41, 5.74) is 8.88. The van der Waals surface area contributed by atoms with E-state index < -0.39 is 0 Å². The lowest BCUT2D eigenvalue weighted by Gasteiger charge is -2.34. The van der Waals surface area contributed by atoms with Crippen LogP contribution in [0.3, 0.4) is 0 Å². The van der Waals surface area contributed by atoms with Gasteiger partial charge in [0.25, 0.3) is 0 Å². The molecular weight excluding hydrogens is 304 g/mol. The minimum Gasteiger partial charge on any atom is -0.384 e. The van der Waals surface area contributed by atoms with E-state index in [0.717, 1.165) is 34.7 Å². The van der Waals surface area contributed by atoms with E-state index in [0.29, 0.717) is 24.9 Å². The summed E-state index contributed by atoms with van der Waals surface area (Å²) in [5, 5.41) is 1.00. The first kappa shape index (κ1) is 14.9. The first-order chi connectivity index (χ1) is 11.6. The molecule has 3 aromatic rings. The molecule has 0 amide bonds. The second-order valence-corrected chi connectivity index (χ2v) is 6.17. The second-order valence-electron chi connectivity index (χ2n) is 6.17. The first-order valence-corrected chi connectivity index (χ1v) is 8.05. The summed E-state index contributed by atoms with van der Waals surface area (Å²) in [6, 6.07) is 6.07. The van der Waals surface area contributed by atoms with Crippen LogP contribution in [0.2, 0.25) is 0 Å². The van der Waals surface area contributed by atoms with Gasteiger partial charge in [0, 0.05) is 35.5 Å². The molecule has 0 saturated carbocycles. The minimum atomic E-state index is 0.257. The van der Waals surface area contributed by atoms with E-state index in [-0.39, 0.29) is 6.04 Å². The van der Waals surface area contributed by atoms with Crippen LogP contribution in [0.15, 0.2) is 24.4 Å². The predicted molar refractivity (Wildman–Crippen MR) is 93.9 cm³/mol. The van der Waals surface area contributed by atoms with Gasteiger partial charge in [0.1, 0.15) is 17.3 Å². The SMILES string of the molecule is Cc1cc2c(-c3nc(N)cc(N4CCOCC4C)n3)ccnc2[nH]1. The molecular formula is C17H20N6O. The molecule has 1 fully saturated rings. The molecule has 0 bridgehead atoms. The minimum absolute atomic E-state index is 0.257. The largest absolute Gasteiger partial charge is 0.384 e. The Morgan fingerprint density at radius 2 is 2.21 bits per heavy atom. The number of aromatic amines is 1. The number of morpholine rings is 1. The number of hydrogen-bond donors (Lipinski definition) is 2. The third-order valence-corrected chi connectivity index (χ3v) is 4.30. The molecule has 1 atom stereocenters. The Morgan fingerprint density at radius 1 is 1.33 bits per heavy atom. The number of H-pyrrole nitrogens is 1. The van der Waals surface area contributed by atoms with Gasteiger partial charge in [-0.3, -0.25) is 0 Å². The average molecular weight is 324 g/mol. The maximum absolute atomic E-state index is 6.07. The zero-order valence-corrected chi connectivity index (χ0v) is 13.8. The maximum Gasteiger partial charge on any atom is 0.164 e. The molecule has 1 aliphatic heterocycles. The summed E-state index contributed by atoms with van der Waals surface area (Å²) in [6.45, 7) is 6.31. The van der Waals surface area contributed by atoms with E-state index in [4.69, 9.17) is 15.5 Å². The van der Waals surface area contributed by atoms with Crippen molar-refractivity contribution in [2.75, 3.05) is 30.4 Å². The number of pyridine rings is 1. The summed E-state index contributed by atoms with van der Waals surface area (Å²) < 4.78 is 5.51. The van der Waals surface area contributed by atoms with Crippen LogP contribution < -0.4 is 10.6 Å². The number of aryl methyl sites for hydroxylation is 1. The fraction of sp³-hybridized carbons (Fsp3) is 0.353. The summed E-state index contributed by atoms with van der Waals surface area (Å²) in [5.74, 6) is 1.92. The lowest BCUT2D eigenvalue weighted by atomic mass is 10.1. The molecule has 1 unspecified atom stereocenters. The molecule has 1 aliphatic rings. The normalized spacial score (nSPS) is 18.2. The van der Waals surface area contributed by atoms with Crippen LogP contribution in [0.4, 0.5) is 11.6 Å². The number of anilines is 2. The summed E-state index contributed by atoms with van der Waals surface area (Å²) in [7, 11) is 0. The predicted octanol–water partition coefficient (Wildman–Crippen LogP) is 2.14. The van der Waals surface area contributed by atoms with E-state index in [1.807, 2.05) is 19.1 Å². The Balaban J connectivity index is 1.83. The number of rotatable bonds is 2. The standard InChI is InChI=1S/C17H20N6O/c1-10-7-13-12(3-4-19-16(13)20-10)17-21-14(18)8-15(22-17)23-5-6-24-9-11(23)2/h3-4,7-8,11H,5-6,9H2,1-2H3,(H,19,20)(H2,18,21,22). The molecule has 0 radical (unpaired) electrons. The van der Waals surface area contributed by atoms with E-state index in [9.17, 15) is 0 Å². The number of ether oxygens (including phenoxy) is 1. The fourth-order valence-corrected chi connectivity index (χ4v) is 3.14. The highest BCUT2D eigenvalue weighted by Crippen LogP contribution is 2.28. The van der Waals surface area contributed by atoms with Gasteiger partial charge in [0.05, 0.1) is 19.3 Å². The highest BCUT2D eigenvalue weighted by atomic mass is 16.5. The Hall–Kier alpha value is -2.67. The first-order valence-electron chi connectivity index (χ1n) is 8.05. The van der Waals surface area contributed by atoms with Crippen LogP contribution in [0.5, 0.6) is 0 Å². The van der Waals surface area contributed by atoms with Crippen LogP contribution in [-0.4, -0.2) is 45.7 Å². The van der Waals surface area contributed by atoms with Crippen molar-refractivity contribution in [1.29, 1.82) is 0 Å². The molecule has 1 saturated heterocycles. The third kappa shape index (κ3) is 2.56. The van der Waals surface area contributed by atoms with Crippen molar-refractivity contribution < 1.29 is 4.74 Å². The number of nitrogen functional groups attached to an aromatic ring is 1. The molecule has 124 valence electrons. The van der Waals surface area contributed by atoms with Crippen LogP contribution >= 0.6 is 0 Å². The van der Waals surface area contributed by atoms with Gasteiger partial charge >= 0.3 is 0 Å². The van der Waals surface area contributed by atoms with Crippen LogP contribution in [0.1, 0.15) is 12.6 Å². The van der Waals surface area contributed by atoms with Gasteiger partial charge in [-0.15, -0.1) is 0 Å². The van der Waals surface area contributed by atoms with Crippen molar-refractivity contribution in [2.45, 2.75) is 19.9 Å². The average Bonchev–Trinajstić information content (AvgIpc) is 2.94. The van der Waals surface area contributed by atoms with Gasteiger partial charge in [-0.1, -0.05) is 0 Å². The molecule has 3 N–H and O–H groups in total. The number of nitrogens with two attached hydrogens (primary N) is 1. The molecule has 7 nitrogen and oxygen atoms in total. The van der Waals surface area contributed by atoms with Crippen molar-refractivity contribution >= 4 is 22.7 Å². The monoisotopic (exact) mass is 324 g/mol. The van der Waals surface area contributed by atoms with Crippen molar-refractivity contribution in [3.63, 3.8) is 0 Å². The Kier molecular flexibility index (Phi) is 3.57.